The van der Waals surface area contributed by atoms with Crippen molar-refractivity contribution in [3.63, 3.8) is 0 Å². The quantitative estimate of drug-likeness (QED) is 0.643. The summed E-state index contributed by atoms with van der Waals surface area (Å²) in [6.07, 6.45) is 0.697. The first kappa shape index (κ1) is 21.8. The van der Waals surface area contributed by atoms with Crippen molar-refractivity contribution in [1.29, 1.82) is 0 Å². The highest BCUT2D eigenvalue weighted by Crippen LogP contribution is 2.25. The Hall–Kier alpha value is -2.24. The first-order valence-electron chi connectivity index (χ1n) is 9.02. The van der Waals surface area contributed by atoms with E-state index in [2.05, 4.69) is 25.2 Å². The maximum absolute atomic E-state index is 11.7. The van der Waals surface area contributed by atoms with Crippen LogP contribution >= 0.6 is 0 Å². The van der Waals surface area contributed by atoms with Crippen LogP contribution in [0.25, 0.3) is 0 Å². The molecule has 146 valence electrons. The number of carboxylic acid groups (broad SMARTS) is 1. The number of ether oxygens (including phenoxy) is 2. The van der Waals surface area contributed by atoms with Crippen LogP contribution in [-0.4, -0.2) is 35.9 Å². The molecular formula is C20H31NO5. The molecule has 6 nitrogen and oxygen atoms in total. The summed E-state index contributed by atoms with van der Waals surface area (Å²) in [5, 5.41) is 11.5. The summed E-state index contributed by atoms with van der Waals surface area (Å²) in [6, 6.07) is 6.05. The van der Waals surface area contributed by atoms with Crippen molar-refractivity contribution in [1.82, 2.24) is 5.32 Å². The molecule has 1 aromatic rings. The van der Waals surface area contributed by atoms with Gasteiger partial charge in [-0.2, -0.15) is 0 Å². The van der Waals surface area contributed by atoms with Crippen molar-refractivity contribution in [3.8, 4) is 5.75 Å². The number of benzene rings is 1. The van der Waals surface area contributed by atoms with E-state index >= 15 is 0 Å². The number of hydrogen-bond donors (Lipinski definition) is 2. The second-order valence-corrected chi connectivity index (χ2v) is 7.55. The normalized spacial score (nSPS) is 11.3. The highest BCUT2D eigenvalue weighted by Gasteiger charge is 2.16. The van der Waals surface area contributed by atoms with Gasteiger partial charge in [0.15, 0.2) is 0 Å². The molecule has 0 aliphatic heterocycles. The third-order valence-electron chi connectivity index (χ3n) is 3.61. The molecule has 0 aliphatic carbocycles. The van der Waals surface area contributed by atoms with Gasteiger partial charge in [0.1, 0.15) is 11.4 Å². The molecule has 1 rings (SSSR count). The molecule has 0 aliphatic rings. The van der Waals surface area contributed by atoms with Crippen LogP contribution in [0.2, 0.25) is 0 Å². The average molecular weight is 365 g/mol. The van der Waals surface area contributed by atoms with Crippen LogP contribution in [0.15, 0.2) is 18.2 Å². The monoisotopic (exact) mass is 365 g/mol. The Morgan fingerprint density at radius 1 is 1.23 bits per heavy atom. The lowest BCUT2D eigenvalue weighted by Gasteiger charge is -2.20. The Morgan fingerprint density at radius 2 is 1.92 bits per heavy atom. The number of carbonyl (C=O) groups is 2. The van der Waals surface area contributed by atoms with E-state index in [4.69, 9.17) is 14.6 Å². The summed E-state index contributed by atoms with van der Waals surface area (Å²) >= 11 is 0. The summed E-state index contributed by atoms with van der Waals surface area (Å²) in [4.78, 5) is 22.3. The largest absolute Gasteiger partial charge is 0.493 e. The van der Waals surface area contributed by atoms with Gasteiger partial charge in [-0.15, -0.1) is 0 Å². The Balaban J connectivity index is 2.66. The lowest BCUT2D eigenvalue weighted by molar-refractivity contribution is -0.137. The zero-order valence-corrected chi connectivity index (χ0v) is 16.4. The summed E-state index contributed by atoms with van der Waals surface area (Å²) in [7, 11) is 0. The topological polar surface area (TPSA) is 84.9 Å². The summed E-state index contributed by atoms with van der Waals surface area (Å²) in [5.41, 5.74) is 1.60. The number of carboxylic acids is 1. The number of rotatable bonds is 9. The van der Waals surface area contributed by atoms with Gasteiger partial charge in [0.25, 0.3) is 0 Å². The van der Waals surface area contributed by atoms with Crippen LogP contribution in [-0.2, 0) is 16.0 Å². The molecule has 26 heavy (non-hydrogen) atoms. The van der Waals surface area contributed by atoms with Gasteiger partial charge in [-0.3, -0.25) is 4.79 Å². The number of alkyl carbamates (subject to hydrolysis) is 1. The predicted molar refractivity (Wildman–Crippen MR) is 101 cm³/mol. The van der Waals surface area contributed by atoms with Gasteiger partial charge in [-0.1, -0.05) is 26.0 Å². The van der Waals surface area contributed by atoms with E-state index in [0.29, 0.717) is 31.9 Å². The number of nitrogens with one attached hydrogen (secondary N) is 1. The zero-order chi connectivity index (χ0) is 19.7. The fraction of sp³-hybridized carbons (Fsp3) is 0.600. The van der Waals surface area contributed by atoms with Crippen molar-refractivity contribution in [2.45, 2.75) is 65.4 Å². The van der Waals surface area contributed by atoms with Crippen molar-refractivity contribution in [3.05, 3.63) is 29.3 Å². The summed E-state index contributed by atoms with van der Waals surface area (Å²) < 4.78 is 11.0. The molecule has 0 spiro atoms. The van der Waals surface area contributed by atoms with Crippen LogP contribution in [0.3, 0.4) is 0 Å². The highest BCUT2D eigenvalue weighted by atomic mass is 16.6. The number of hydrogen-bond acceptors (Lipinski definition) is 4. The molecule has 2 N–H and O–H groups in total. The molecule has 6 heteroatoms. The smallest absolute Gasteiger partial charge is 0.407 e. The molecule has 1 amide bonds. The third kappa shape index (κ3) is 8.74. The highest BCUT2D eigenvalue weighted by molar-refractivity contribution is 5.67. The van der Waals surface area contributed by atoms with Crippen LogP contribution < -0.4 is 10.1 Å². The van der Waals surface area contributed by atoms with E-state index in [1.807, 2.05) is 32.9 Å². The molecule has 0 radical (unpaired) electrons. The van der Waals surface area contributed by atoms with E-state index in [1.165, 1.54) is 0 Å². The summed E-state index contributed by atoms with van der Waals surface area (Å²) in [6.45, 7) is 10.4. The van der Waals surface area contributed by atoms with Gasteiger partial charge in [-0.25, -0.2) is 4.79 Å². The Kier molecular flexibility index (Phi) is 8.42. The third-order valence-corrected chi connectivity index (χ3v) is 3.61. The minimum atomic E-state index is -0.827. The molecule has 0 unspecified atom stereocenters. The standard InChI is InChI=1S/C20H31NO5/c1-14(2)16-9-8-15(10-11-21-19(24)26-20(3,4)5)17(13-16)25-12-6-7-18(22)23/h8-9,13-14H,6-7,10-12H2,1-5H3,(H,21,24)(H,22,23). The number of amides is 1. The molecule has 0 aromatic heterocycles. The van der Waals surface area contributed by atoms with E-state index in [-0.39, 0.29) is 6.42 Å². The van der Waals surface area contributed by atoms with Crippen molar-refractivity contribution in [2.75, 3.05) is 13.2 Å². The molecule has 0 bridgehead atoms. The predicted octanol–water partition coefficient (Wildman–Crippen LogP) is 4.12. The molecule has 0 fully saturated rings. The molecule has 0 atom stereocenters. The van der Waals surface area contributed by atoms with Crippen LogP contribution in [0.4, 0.5) is 4.79 Å². The number of aliphatic carboxylic acids is 1. The van der Waals surface area contributed by atoms with Gasteiger partial charge in [0.2, 0.25) is 0 Å². The SMILES string of the molecule is CC(C)c1ccc(CCNC(=O)OC(C)(C)C)c(OCCCC(=O)O)c1. The van der Waals surface area contributed by atoms with Gasteiger partial charge in [-0.05, 0) is 56.7 Å². The molecular weight excluding hydrogens is 334 g/mol. The molecule has 0 saturated carbocycles. The number of carbonyl (C=O) groups excluding carboxylic acids is 1. The van der Waals surface area contributed by atoms with Gasteiger partial charge < -0.3 is 19.9 Å². The van der Waals surface area contributed by atoms with E-state index in [9.17, 15) is 9.59 Å². The van der Waals surface area contributed by atoms with Crippen molar-refractivity contribution < 1.29 is 24.2 Å². The second-order valence-electron chi connectivity index (χ2n) is 7.55. The van der Waals surface area contributed by atoms with Crippen LogP contribution in [0.5, 0.6) is 5.75 Å². The first-order chi connectivity index (χ1) is 12.1. The molecule has 0 heterocycles. The fourth-order valence-electron chi connectivity index (χ4n) is 2.29. The van der Waals surface area contributed by atoms with E-state index in [0.717, 1.165) is 16.9 Å². The van der Waals surface area contributed by atoms with Crippen molar-refractivity contribution >= 4 is 12.1 Å². The second kappa shape index (κ2) is 10.0. The van der Waals surface area contributed by atoms with Crippen molar-refractivity contribution in [2.24, 2.45) is 0 Å². The van der Waals surface area contributed by atoms with Gasteiger partial charge in [0, 0.05) is 13.0 Å². The Bertz CT molecular complexity index is 605. The summed E-state index contributed by atoms with van der Waals surface area (Å²) in [5.74, 6) is 0.282. The van der Waals surface area contributed by atoms with E-state index in [1.54, 1.807) is 0 Å². The van der Waals surface area contributed by atoms with Gasteiger partial charge in [0.05, 0.1) is 6.61 Å². The Labute approximate surface area is 155 Å². The lowest BCUT2D eigenvalue weighted by Crippen LogP contribution is -2.33. The van der Waals surface area contributed by atoms with Gasteiger partial charge >= 0.3 is 12.1 Å². The lowest BCUT2D eigenvalue weighted by atomic mass is 10.00. The maximum Gasteiger partial charge on any atom is 0.407 e. The molecule has 0 saturated heterocycles. The first-order valence-corrected chi connectivity index (χ1v) is 9.02. The Morgan fingerprint density at radius 3 is 2.50 bits per heavy atom. The zero-order valence-electron chi connectivity index (χ0n) is 16.4. The average Bonchev–Trinajstić information content (AvgIpc) is 2.50. The fourth-order valence-corrected chi connectivity index (χ4v) is 2.29. The minimum absolute atomic E-state index is 0.0827. The van der Waals surface area contributed by atoms with E-state index < -0.39 is 17.7 Å². The maximum atomic E-state index is 11.7. The minimum Gasteiger partial charge on any atom is -0.493 e. The van der Waals surface area contributed by atoms with Crippen LogP contribution in [0.1, 0.15) is 64.5 Å². The van der Waals surface area contributed by atoms with Crippen LogP contribution in [0, 0.1) is 0 Å². The molecule has 1 aromatic carbocycles.